The first-order valence-electron chi connectivity index (χ1n) is 11.8. The minimum atomic E-state index is -8.25. The molecule has 0 unspecified atom stereocenters. The smallest absolute Gasteiger partial charge is 0.460 e. The highest BCUT2D eigenvalue weighted by atomic mass is 19.4. The monoisotopic (exact) mass is 822 g/mol. The molecule has 0 saturated heterocycles. The van der Waals surface area contributed by atoms with Gasteiger partial charge >= 0.3 is 83.5 Å². The molecule has 0 spiro atoms. The summed E-state index contributed by atoms with van der Waals surface area (Å²) in [6, 6.07) is 0. The van der Waals surface area contributed by atoms with Crippen LogP contribution < -0.4 is 0 Å². The van der Waals surface area contributed by atoms with E-state index in [9.17, 15) is 124 Å². The first-order chi connectivity index (χ1) is 21.9. The summed E-state index contributed by atoms with van der Waals surface area (Å²) in [6.45, 7) is -4.46. The Morgan fingerprint density at radius 1 is 0.412 bits per heavy atom. The SMILES string of the molecule is C/C(=C\C(=O)OCCC(F)(F)C(F)(F)C(F)(F)C(F)(F)C(F)(F)C(F)(F)F)C(=O)OCCC(F)(F)C(F)(F)C(F)(F)C(F)(F)C(F)(F)C(F)(F)F. The minimum absolute atomic E-state index is 0.274. The van der Waals surface area contributed by atoms with E-state index in [2.05, 4.69) is 9.47 Å². The summed E-state index contributed by atoms with van der Waals surface area (Å²) in [6.07, 6.45) is -22.0. The Hall–Kier alpha value is -3.14. The third kappa shape index (κ3) is 7.96. The first-order valence-corrected chi connectivity index (χ1v) is 11.8. The minimum Gasteiger partial charge on any atom is -0.462 e. The van der Waals surface area contributed by atoms with E-state index in [1.165, 1.54) is 0 Å². The van der Waals surface area contributed by atoms with E-state index in [-0.39, 0.29) is 13.0 Å². The standard InChI is InChI=1S/C21H12F26O4/c1-7(9(49)51-5-3-11(24,25)13(28,29)15(32,33)17(36,37)19(40,41)21(45,46)47)6-8(48)50-4-2-10(22,23)12(26,27)14(30,31)16(34,35)18(38,39)20(42,43)44/h6H,2-5H2,1H3/b7-6+. The molecule has 4 nitrogen and oxygen atoms in total. The molecule has 0 aromatic carbocycles. The van der Waals surface area contributed by atoms with Gasteiger partial charge in [0.25, 0.3) is 0 Å². The number of carbonyl (C=O) groups is 2. The Balaban J connectivity index is 5.66. The zero-order chi connectivity index (χ0) is 41.7. The largest absolute Gasteiger partial charge is 0.462 e. The normalized spacial score (nSPS) is 15.9. The average Bonchev–Trinajstić information content (AvgIpc) is 2.90. The van der Waals surface area contributed by atoms with Gasteiger partial charge in [-0.25, -0.2) is 9.59 Å². The van der Waals surface area contributed by atoms with Crippen molar-refractivity contribution in [3.8, 4) is 0 Å². The topological polar surface area (TPSA) is 52.6 Å². The molecule has 0 N–H and O–H groups in total. The summed E-state index contributed by atoms with van der Waals surface area (Å²) in [7, 11) is 0. The predicted octanol–water partition coefficient (Wildman–Crippen LogP) is 9.28. The van der Waals surface area contributed by atoms with Crippen LogP contribution in [0.4, 0.5) is 114 Å². The molecule has 0 aromatic heterocycles. The van der Waals surface area contributed by atoms with Gasteiger partial charge in [-0.05, 0) is 6.92 Å². The fourth-order valence-electron chi connectivity index (χ4n) is 2.86. The van der Waals surface area contributed by atoms with E-state index in [0.29, 0.717) is 0 Å². The quantitative estimate of drug-likeness (QED) is 0.0886. The molecule has 0 radical (unpaired) electrons. The molecule has 0 aromatic rings. The van der Waals surface area contributed by atoms with Crippen molar-refractivity contribution in [1.29, 1.82) is 0 Å². The van der Waals surface area contributed by atoms with Gasteiger partial charge in [0.05, 0.1) is 26.1 Å². The second kappa shape index (κ2) is 13.7. The van der Waals surface area contributed by atoms with E-state index < -0.39 is 115 Å². The maximum absolute atomic E-state index is 13.7. The van der Waals surface area contributed by atoms with E-state index >= 15 is 0 Å². The van der Waals surface area contributed by atoms with Crippen molar-refractivity contribution in [2.24, 2.45) is 0 Å². The lowest BCUT2D eigenvalue weighted by atomic mass is 9.93. The zero-order valence-corrected chi connectivity index (χ0v) is 23.4. The van der Waals surface area contributed by atoms with E-state index in [1.807, 2.05) is 0 Å². The second-order valence-corrected chi connectivity index (χ2v) is 9.63. The number of ether oxygens (including phenoxy) is 2. The van der Waals surface area contributed by atoms with Crippen LogP contribution in [0.25, 0.3) is 0 Å². The van der Waals surface area contributed by atoms with Crippen LogP contribution in [-0.2, 0) is 19.1 Å². The second-order valence-electron chi connectivity index (χ2n) is 9.63. The number of alkyl halides is 26. The Bertz CT molecular complexity index is 1290. The van der Waals surface area contributed by atoms with Crippen LogP contribution in [0.15, 0.2) is 11.6 Å². The summed E-state index contributed by atoms with van der Waals surface area (Å²) in [5.41, 5.74) is -1.41. The van der Waals surface area contributed by atoms with Crippen molar-refractivity contribution in [3.05, 3.63) is 11.6 Å². The van der Waals surface area contributed by atoms with Gasteiger partial charge in [-0.2, -0.15) is 114 Å². The third-order valence-electron chi connectivity index (χ3n) is 5.96. The number of carbonyl (C=O) groups excluding carboxylic acids is 2. The van der Waals surface area contributed by atoms with E-state index in [1.54, 1.807) is 0 Å². The lowest BCUT2D eigenvalue weighted by Gasteiger charge is -2.39. The van der Waals surface area contributed by atoms with Gasteiger partial charge in [0.15, 0.2) is 0 Å². The average molecular weight is 822 g/mol. The molecule has 0 aliphatic carbocycles. The number of halogens is 26. The molecule has 0 fully saturated rings. The molecular formula is C21H12F26O4. The maximum atomic E-state index is 13.7. The van der Waals surface area contributed by atoms with Crippen molar-refractivity contribution in [3.63, 3.8) is 0 Å². The van der Waals surface area contributed by atoms with Crippen LogP contribution in [-0.4, -0.2) is 96.7 Å². The highest BCUT2D eigenvalue weighted by molar-refractivity contribution is 5.95. The van der Waals surface area contributed by atoms with Crippen LogP contribution in [0.3, 0.4) is 0 Å². The van der Waals surface area contributed by atoms with Crippen molar-refractivity contribution in [2.75, 3.05) is 13.2 Å². The number of hydrogen-bond donors (Lipinski definition) is 0. The summed E-state index contributed by atoms with van der Waals surface area (Å²) in [4.78, 5) is 23.1. The Morgan fingerprint density at radius 3 is 0.941 bits per heavy atom. The molecule has 0 heterocycles. The van der Waals surface area contributed by atoms with Gasteiger partial charge in [-0.3, -0.25) is 0 Å². The fraction of sp³-hybridized carbons (Fsp3) is 0.810. The van der Waals surface area contributed by atoms with Gasteiger partial charge in [-0.15, -0.1) is 0 Å². The Kier molecular flexibility index (Phi) is 12.8. The molecule has 0 bridgehead atoms. The molecule has 51 heavy (non-hydrogen) atoms. The summed E-state index contributed by atoms with van der Waals surface area (Å²) < 4.78 is 346. The fourth-order valence-corrected chi connectivity index (χ4v) is 2.86. The van der Waals surface area contributed by atoms with Crippen molar-refractivity contribution >= 4 is 11.9 Å². The molecule has 0 aliphatic rings. The molecule has 302 valence electrons. The van der Waals surface area contributed by atoms with Crippen LogP contribution in [0.5, 0.6) is 0 Å². The third-order valence-corrected chi connectivity index (χ3v) is 5.96. The van der Waals surface area contributed by atoms with Gasteiger partial charge < -0.3 is 9.47 Å². The van der Waals surface area contributed by atoms with E-state index in [0.717, 1.165) is 0 Å². The molecule has 0 atom stereocenters. The van der Waals surface area contributed by atoms with E-state index in [4.69, 9.17) is 0 Å². The molecule has 30 heteroatoms. The van der Waals surface area contributed by atoms with Crippen LogP contribution in [0.1, 0.15) is 19.8 Å². The van der Waals surface area contributed by atoms with Crippen LogP contribution >= 0.6 is 0 Å². The van der Waals surface area contributed by atoms with Crippen molar-refractivity contribution in [1.82, 2.24) is 0 Å². The van der Waals surface area contributed by atoms with Gasteiger partial charge in [0.2, 0.25) is 0 Å². The molecule has 0 amide bonds. The van der Waals surface area contributed by atoms with Crippen molar-refractivity contribution in [2.45, 2.75) is 91.3 Å². The van der Waals surface area contributed by atoms with Crippen LogP contribution in [0, 0.1) is 0 Å². The molecule has 0 aliphatic heterocycles. The summed E-state index contributed by atoms with van der Waals surface area (Å²) in [5, 5.41) is 0. The van der Waals surface area contributed by atoms with Gasteiger partial charge in [0, 0.05) is 11.6 Å². The Morgan fingerprint density at radius 2 is 0.667 bits per heavy atom. The number of hydrogen-bond acceptors (Lipinski definition) is 4. The molecular weight excluding hydrogens is 810 g/mol. The summed E-state index contributed by atoms with van der Waals surface area (Å²) >= 11 is 0. The highest BCUT2D eigenvalue weighted by Crippen LogP contribution is 2.62. The number of rotatable bonds is 16. The van der Waals surface area contributed by atoms with Crippen molar-refractivity contribution < 1.29 is 133 Å². The molecule has 0 saturated carbocycles. The maximum Gasteiger partial charge on any atom is 0.460 e. The number of esters is 2. The lowest BCUT2D eigenvalue weighted by Crippen LogP contribution is -2.70. The summed E-state index contributed by atoms with van der Waals surface area (Å²) in [5.74, 6) is -82.6. The van der Waals surface area contributed by atoms with Gasteiger partial charge in [-0.1, -0.05) is 0 Å². The van der Waals surface area contributed by atoms with Gasteiger partial charge in [0.1, 0.15) is 0 Å². The predicted molar refractivity (Wildman–Crippen MR) is 106 cm³/mol. The first kappa shape index (κ1) is 47.9. The van der Waals surface area contributed by atoms with Crippen LogP contribution in [0.2, 0.25) is 0 Å². The highest BCUT2D eigenvalue weighted by Gasteiger charge is 2.92. The zero-order valence-electron chi connectivity index (χ0n) is 23.4. The lowest BCUT2D eigenvalue weighted by molar-refractivity contribution is -0.440. The molecule has 0 rings (SSSR count). The Labute approximate surface area is 262 Å².